The first-order chi connectivity index (χ1) is 7.25. The van der Waals surface area contributed by atoms with Crippen LogP contribution in [0.25, 0.3) is 0 Å². The molecule has 0 unspecified atom stereocenters. The van der Waals surface area contributed by atoms with Crippen LogP contribution in [0.3, 0.4) is 0 Å². The van der Waals surface area contributed by atoms with Crippen LogP contribution >= 0.6 is 0 Å². The second-order valence-electron chi connectivity index (χ2n) is 4.45. The lowest BCUT2D eigenvalue weighted by Gasteiger charge is -2.18. The minimum Gasteiger partial charge on any atom is -0.467 e. The van der Waals surface area contributed by atoms with Crippen LogP contribution in [0.15, 0.2) is 18.2 Å². The van der Waals surface area contributed by atoms with Gasteiger partial charge >= 0.3 is 0 Å². The molecule has 2 aliphatic rings. The van der Waals surface area contributed by atoms with E-state index in [1.807, 2.05) is 12.1 Å². The zero-order chi connectivity index (χ0) is 10.3. The molecule has 0 aromatic heterocycles. The fourth-order valence-electron chi connectivity index (χ4n) is 1.95. The largest absolute Gasteiger partial charge is 0.467 e. The Morgan fingerprint density at radius 1 is 1.33 bits per heavy atom. The quantitative estimate of drug-likeness (QED) is 0.799. The topological polar surface area (TPSA) is 38.7 Å². The summed E-state index contributed by atoms with van der Waals surface area (Å²) >= 11 is 0. The van der Waals surface area contributed by atoms with Crippen molar-refractivity contribution in [1.29, 1.82) is 0 Å². The van der Waals surface area contributed by atoms with Crippen molar-refractivity contribution in [3.05, 3.63) is 29.3 Å². The molecule has 1 N–H and O–H groups in total. The zero-order valence-corrected chi connectivity index (χ0v) is 8.53. The number of rotatable bonds is 2. The average Bonchev–Trinajstić information content (AvgIpc) is 2.96. The van der Waals surface area contributed by atoms with Crippen molar-refractivity contribution in [2.24, 2.45) is 0 Å². The summed E-state index contributed by atoms with van der Waals surface area (Å²) < 4.78 is 10.6. The van der Waals surface area contributed by atoms with Gasteiger partial charge in [-0.05, 0) is 30.5 Å². The maximum absolute atomic E-state index is 9.82. The standard InChI is InChI=1S/C12H14O3/c13-12(3-4-12)6-9-1-2-11-10(5-9)7-14-8-15-11/h1-2,5,13H,3-4,6-8H2. The summed E-state index contributed by atoms with van der Waals surface area (Å²) in [5, 5.41) is 9.82. The van der Waals surface area contributed by atoms with E-state index in [-0.39, 0.29) is 0 Å². The number of benzene rings is 1. The summed E-state index contributed by atoms with van der Waals surface area (Å²) in [6.07, 6.45) is 2.61. The number of hydrogen-bond donors (Lipinski definition) is 1. The summed E-state index contributed by atoms with van der Waals surface area (Å²) in [5.41, 5.74) is 1.83. The van der Waals surface area contributed by atoms with Gasteiger partial charge in [-0.25, -0.2) is 0 Å². The smallest absolute Gasteiger partial charge is 0.189 e. The summed E-state index contributed by atoms with van der Waals surface area (Å²) in [5.74, 6) is 0.910. The minimum atomic E-state index is -0.426. The van der Waals surface area contributed by atoms with Crippen LogP contribution in [0.4, 0.5) is 0 Å². The van der Waals surface area contributed by atoms with Crippen LogP contribution in [-0.2, 0) is 17.8 Å². The van der Waals surface area contributed by atoms with Gasteiger partial charge in [-0.15, -0.1) is 0 Å². The molecule has 0 saturated heterocycles. The van der Waals surface area contributed by atoms with Crippen molar-refractivity contribution in [3.63, 3.8) is 0 Å². The summed E-state index contributed by atoms with van der Waals surface area (Å²) in [7, 11) is 0. The van der Waals surface area contributed by atoms with Crippen molar-refractivity contribution in [1.82, 2.24) is 0 Å². The number of hydrogen-bond acceptors (Lipinski definition) is 3. The van der Waals surface area contributed by atoms with E-state index in [9.17, 15) is 5.11 Å². The lowest BCUT2D eigenvalue weighted by molar-refractivity contribution is -0.0164. The Hall–Kier alpha value is -1.06. The van der Waals surface area contributed by atoms with Crippen LogP contribution in [0.2, 0.25) is 0 Å². The average molecular weight is 206 g/mol. The predicted molar refractivity (Wildman–Crippen MR) is 54.6 cm³/mol. The number of aliphatic hydroxyl groups is 1. The molecule has 1 aliphatic heterocycles. The Kier molecular flexibility index (Phi) is 1.97. The first-order valence-corrected chi connectivity index (χ1v) is 5.30. The molecule has 1 aliphatic carbocycles. The van der Waals surface area contributed by atoms with Crippen molar-refractivity contribution in [3.8, 4) is 5.75 Å². The van der Waals surface area contributed by atoms with Crippen molar-refractivity contribution in [2.45, 2.75) is 31.5 Å². The first kappa shape index (κ1) is 9.19. The van der Waals surface area contributed by atoms with E-state index in [0.717, 1.165) is 30.6 Å². The van der Waals surface area contributed by atoms with Crippen LogP contribution < -0.4 is 4.74 Å². The molecular weight excluding hydrogens is 192 g/mol. The molecule has 80 valence electrons. The van der Waals surface area contributed by atoms with Gasteiger partial charge in [0, 0.05) is 12.0 Å². The Bertz CT molecular complexity index is 382. The lowest BCUT2D eigenvalue weighted by atomic mass is 10.0. The third-order valence-electron chi connectivity index (χ3n) is 3.04. The molecule has 0 spiro atoms. The monoisotopic (exact) mass is 206 g/mol. The Labute approximate surface area is 88.6 Å². The maximum atomic E-state index is 9.82. The summed E-state index contributed by atoms with van der Waals surface area (Å²) in [6, 6.07) is 6.07. The molecule has 1 fully saturated rings. The highest BCUT2D eigenvalue weighted by Crippen LogP contribution is 2.39. The highest BCUT2D eigenvalue weighted by Gasteiger charge is 2.40. The van der Waals surface area contributed by atoms with Gasteiger partial charge in [0.25, 0.3) is 0 Å². The van der Waals surface area contributed by atoms with Crippen LogP contribution in [0.5, 0.6) is 5.75 Å². The van der Waals surface area contributed by atoms with Crippen LogP contribution in [0, 0.1) is 0 Å². The van der Waals surface area contributed by atoms with E-state index < -0.39 is 5.60 Å². The van der Waals surface area contributed by atoms with E-state index in [1.54, 1.807) is 0 Å². The fraction of sp³-hybridized carbons (Fsp3) is 0.500. The molecule has 1 heterocycles. The second-order valence-corrected chi connectivity index (χ2v) is 4.45. The molecule has 0 atom stereocenters. The number of ether oxygens (including phenoxy) is 2. The summed E-state index contributed by atoms with van der Waals surface area (Å²) in [4.78, 5) is 0. The van der Waals surface area contributed by atoms with E-state index in [0.29, 0.717) is 13.4 Å². The Balaban J connectivity index is 1.84. The maximum Gasteiger partial charge on any atom is 0.189 e. The molecule has 0 bridgehead atoms. The lowest BCUT2D eigenvalue weighted by Crippen LogP contribution is -2.14. The SMILES string of the molecule is OC1(Cc2ccc3c(c2)COCO3)CC1. The zero-order valence-electron chi connectivity index (χ0n) is 8.53. The highest BCUT2D eigenvalue weighted by molar-refractivity contribution is 5.38. The molecule has 15 heavy (non-hydrogen) atoms. The number of fused-ring (bicyclic) bond motifs is 1. The van der Waals surface area contributed by atoms with Gasteiger partial charge < -0.3 is 14.6 Å². The van der Waals surface area contributed by atoms with Crippen LogP contribution in [0.1, 0.15) is 24.0 Å². The van der Waals surface area contributed by atoms with Gasteiger partial charge in [0.15, 0.2) is 6.79 Å². The van der Waals surface area contributed by atoms with E-state index >= 15 is 0 Å². The molecule has 1 aromatic carbocycles. The Morgan fingerprint density at radius 3 is 3.00 bits per heavy atom. The molecule has 0 amide bonds. The Morgan fingerprint density at radius 2 is 2.20 bits per heavy atom. The minimum absolute atomic E-state index is 0.344. The van der Waals surface area contributed by atoms with Gasteiger partial charge in [0.05, 0.1) is 12.2 Å². The molecule has 3 nitrogen and oxygen atoms in total. The summed E-state index contributed by atoms with van der Waals surface area (Å²) in [6.45, 7) is 0.956. The van der Waals surface area contributed by atoms with Gasteiger partial charge in [-0.3, -0.25) is 0 Å². The molecule has 0 radical (unpaired) electrons. The van der Waals surface area contributed by atoms with E-state index in [4.69, 9.17) is 9.47 Å². The highest BCUT2D eigenvalue weighted by atomic mass is 16.7. The van der Waals surface area contributed by atoms with E-state index in [1.165, 1.54) is 5.56 Å². The molecule has 1 aromatic rings. The van der Waals surface area contributed by atoms with Crippen molar-refractivity contribution >= 4 is 0 Å². The van der Waals surface area contributed by atoms with Crippen LogP contribution in [-0.4, -0.2) is 17.5 Å². The third kappa shape index (κ3) is 1.85. The molecule has 3 rings (SSSR count). The third-order valence-corrected chi connectivity index (χ3v) is 3.04. The second kappa shape index (κ2) is 3.22. The van der Waals surface area contributed by atoms with Gasteiger partial charge in [-0.1, -0.05) is 6.07 Å². The van der Waals surface area contributed by atoms with Gasteiger partial charge in [0.1, 0.15) is 5.75 Å². The van der Waals surface area contributed by atoms with Crippen molar-refractivity contribution < 1.29 is 14.6 Å². The fourth-order valence-corrected chi connectivity index (χ4v) is 1.95. The molecule has 3 heteroatoms. The van der Waals surface area contributed by atoms with E-state index in [2.05, 4.69) is 6.07 Å². The van der Waals surface area contributed by atoms with Gasteiger partial charge in [-0.2, -0.15) is 0 Å². The normalized spacial score (nSPS) is 21.7. The van der Waals surface area contributed by atoms with Gasteiger partial charge in [0.2, 0.25) is 0 Å². The predicted octanol–water partition coefficient (Wildman–Crippen LogP) is 1.62. The molecular formula is C12H14O3. The first-order valence-electron chi connectivity index (χ1n) is 5.30. The van der Waals surface area contributed by atoms with Crippen molar-refractivity contribution in [2.75, 3.05) is 6.79 Å². The molecule has 1 saturated carbocycles.